The summed E-state index contributed by atoms with van der Waals surface area (Å²) >= 11 is 0. The maximum atomic E-state index is 15.6. The molecule has 46 heavy (non-hydrogen) atoms. The Hall–Kier alpha value is -3.57. The molecule has 4 bridgehead atoms. The topological polar surface area (TPSA) is 135 Å². The van der Waals surface area contributed by atoms with E-state index in [4.69, 9.17) is 14.5 Å². The molecule has 11 heteroatoms. The summed E-state index contributed by atoms with van der Waals surface area (Å²) in [5, 5.41) is 28.9. The van der Waals surface area contributed by atoms with E-state index in [-0.39, 0.29) is 34.4 Å². The van der Waals surface area contributed by atoms with E-state index < -0.39 is 23.5 Å². The zero-order valence-corrected chi connectivity index (χ0v) is 27.2. The number of aliphatic hydroxyl groups excluding tert-OH is 1. The molecular weight excluding hydrogens is 591 g/mol. The molecule has 4 fully saturated rings. The van der Waals surface area contributed by atoms with Crippen LogP contribution in [0.4, 0.5) is 4.39 Å². The lowest BCUT2D eigenvalue weighted by Gasteiger charge is -2.58. The number of nitrogens with zero attached hydrogens (tertiary/aromatic N) is 3. The fraction of sp³-hybridized carbons (Fsp3) is 0.600. The lowest BCUT2D eigenvalue weighted by molar-refractivity contribution is -0.160. The van der Waals surface area contributed by atoms with Crippen LogP contribution in [0.1, 0.15) is 98.3 Å². The summed E-state index contributed by atoms with van der Waals surface area (Å²) in [5.41, 5.74) is 2.49. The van der Waals surface area contributed by atoms with Crippen molar-refractivity contribution in [3.8, 4) is 17.0 Å². The lowest BCUT2D eigenvalue weighted by Crippen LogP contribution is -2.56. The molecular formula is C35H43FN4O6. The van der Waals surface area contributed by atoms with Crippen molar-refractivity contribution >= 4 is 17.5 Å². The normalized spacial score (nSPS) is 27.4. The third kappa shape index (κ3) is 5.25. The Balaban J connectivity index is 1.32. The number of aromatic nitrogens is 3. The molecule has 1 aliphatic heterocycles. The predicted molar refractivity (Wildman–Crippen MR) is 167 cm³/mol. The van der Waals surface area contributed by atoms with Crippen LogP contribution >= 0.6 is 0 Å². The number of ether oxygens (including phenoxy) is 2. The van der Waals surface area contributed by atoms with Gasteiger partial charge in [0.25, 0.3) is 5.91 Å². The van der Waals surface area contributed by atoms with Gasteiger partial charge in [0.2, 0.25) is 0 Å². The first-order chi connectivity index (χ1) is 21.7. The highest BCUT2D eigenvalue weighted by atomic mass is 19.1. The number of hydrogen-bond acceptors (Lipinski definition) is 7. The molecule has 0 saturated heterocycles. The smallest absolute Gasteiger partial charge is 0.337 e. The third-order valence-electron chi connectivity index (χ3n) is 10.7. The van der Waals surface area contributed by atoms with E-state index in [1.54, 1.807) is 33.8 Å². The van der Waals surface area contributed by atoms with Crippen molar-refractivity contribution in [2.45, 2.75) is 97.4 Å². The number of carbonyl (C=O) groups is 2. The number of amides is 1. The van der Waals surface area contributed by atoms with Gasteiger partial charge in [0.1, 0.15) is 0 Å². The molecule has 3 heterocycles. The van der Waals surface area contributed by atoms with Gasteiger partial charge in [-0.2, -0.15) is 5.10 Å². The largest absolute Gasteiger partial charge is 0.490 e. The molecule has 3 atom stereocenters. The molecule has 0 radical (unpaired) electrons. The summed E-state index contributed by atoms with van der Waals surface area (Å²) in [6.45, 7) is 9.81. The molecule has 0 spiro atoms. The number of nitrogens with one attached hydrogen (secondary N) is 1. The number of aliphatic carboxylic acids is 1. The van der Waals surface area contributed by atoms with Gasteiger partial charge in [0.15, 0.2) is 29.0 Å². The molecule has 3 N–H and O–H groups in total. The van der Waals surface area contributed by atoms with Gasteiger partial charge in [-0.1, -0.05) is 0 Å². The first kappa shape index (κ1) is 31.1. The van der Waals surface area contributed by atoms with Crippen molar-refractivity contribution in [3.63, 3.8) is 0 Å². The number of halogens is 1. The fourth-order valence-electron chi connectivity index (χ4n) is 9.05. The van der Waals surface area contributed by atoms with Gasteiger partial charge >= 0.3 is 5.97 Å². The highest BCUT2D eigenvalue weighted by Crippen LogP contribution is 2.59. The minimum atomic E-state index is -1.44. The maximum Gasteiger partial charge on any atom is 0.337 e. The van der Waals surface area contributed by atoms with Crippen molar-refractivity contribution in [3.05, 3.63) is 46.0 Å². The first-order valence-electron chi connectivity index (χ1n) is 16.5. The molecule has 5 aliphatic rings. The van der Waals surface area contributed by atoms with Gasteiger partial charge in [-0.3, -0.25) is 4.79 Å². The SMILES string of the molecule is Cc1nc2cc(C(=O)NCC34C[C@H]5C[C@H](C[C@H](C3)[C@@H]5O)C4)nn2c(-c2cc(F)c3c(c2C)CCCO3)c1[C@H](OC(C)(C)C)C(=O)O. The number of benzene rings is 1. The highest BCUT2D eigenvalue weighted by Gasteiger charge is 2.55. The molecule has 4 saturated carbocycles. The average molecular weight is 635 g/mol. The van der Waals surface area contributed by atoms with Crippen LogP contribution in [0, 0.1) is 42.8 Å². The summed E-state index contributed by atoms with van der Waals surface area (Å²) in [5.74, 6) is -0.693. The van der Waals surface area contributed by atoms with Crippen LogP contribution < -0.4 is 10.1 Å². The van der Waals surface area contributed by atoms with Crippen LogP contribution in [0.5, 0.6) is 5.75 Å². The average Bonchev–Trinajstić information content (AvgIpc) is 3.41. The Bertz CT molecular complexity index is 1730. The first-order valence-corrected chi connectivity index (χ1v) is 16.5. The third-order valence-corrected chi connectivity index (χ3v) is 10.7. The quantitative estimate of drug-likeness (QED) is 0.317. The van der Waals surface area contributed by atoms with Crippen LogP contribution in [0.15, 0.2) is 12.1 Å². The number of carboxylic acids is 1. The van der Waals surface area contributed by atoms with Crippen LogP contribution in [-0.2, 0) is 16.0 Å². The van der Waals surface area contributed by atoms with Gasteiger partial charge in [-0.25, -0.2) is 18.7 Å². The summed E-state index contributed by atoms with van der Waals surface area (Å²) in [6.07, 6.45) is 4.70. The van der Waals surface area contributed by atoms with E-state index in [0.29, 0.717) is 59.9 Å². The number of fused-ring (bicyclic) bond motifs is 2. The summed E-state index contributed by atoms with van der Waals surface area (Å²) < 4.78 is 28.8. The second-order valence-electron chi connectivity index (χ2n) is 15.1. The van der Waals surface area contributed by atoms with E-state index >= 15 is 4.39 Å². The number of rotatable bonds is 7. The monoisotopic (exact) mass is 634 g/mol. The van der Waals surface area contributed by atoms with Crippen molar-refractivity contribution in [2.75, 3.05) is 13.2 Å². The van der Waals surface area contributed by atoms with Gasteiger partial charge in [0.05, 0.1) is 24.0 Å². The van der Waals surface area contributed by atoms with E-state index in [1.807, 2.05) is 6.92 Å². The number of aryl methyl sites for hydroxylation is 1. The number of carboxylic acid groups (broad SMARTS) is 1. The molecule has 3 aromatic rings. The molecule has 4 aliphatic carbocycles. The van der Waals surface area contributed by atoms with Crippen LogP contribution in [-0.4, -0.2) is 61.5 Å². The van der Waals surface area contributed by atoms with Gasteiger partial charge < -0.3 is 25.0 Å². The standard InChI is InChI=1S/C35H43FN4O6/c1-17-22-7-6-8-45-30(22)24(36)11-23(17)28-27(31(33(43)44)46-34(3,4)5)18(2)38-26-12-25(39-40(26)28)32(42)37-16-35-13-19-9-20(14-35)29(41)21(10-19)15-35/h11-12,19-21,29,31,41H,6-10,13-16H2,1-5H3,(H,37,42)(H,43,44)/t19-,20-,21-,29-,31+,35?/m1/s1. The zero-order chi connectivity index (χ0) is 32.7. The van der Waals surface area contributed by atoms with E-state index in [1.165, 1.54) is 10.6 Å². The summed E-state index contributed by atoms with van der Waals surface area (Å²) in [4.78, 5) is 31.1. The van der Waals surface area contributed by atoms with Crippen LogP contribution in [0.3, 0.4) is 0 Å². The number of aliphatic hydroxyl groups is 1. The highest BCUT2D eigenvalue weighted by molar-refractivity contribution is 5.93. The Kier molecular flexibility index (Phi) is 7.43. The summed E-state index contributed by atoms with van der Waals surface area (Å²) in [6, 6.07) is 2.95. The molecule has 1 aromatic carbocycles. The molecule has 10 nitrogen and oxygen atoms in total. The number of hydrogen-bond donors (Lipinski definition) is 3. The molecule has 246 valence electrons. The second kappa shape index (κ2) is 11.0. The van der Waals surface area contributed by atoms with E-state index in [9.17, 15) is 19.8 Å². The van der Waals surface area contributed by atoms with Gasteiger partial charge in [-0.15, -0.1) is 0 Å². The summed E-state index contributed by atoms with van der Waals surface area (Å²) in [7, 11) is 0. The molecule has 0 unspecified atom stereocenters. The molecule has 2 aromatic heterocycles. The second-order valence-corrected chi connectivity index (χ2v) is 15.1. The maximum absolute atomic E-state index is 15.6. The molecule has 8 rings (SSSR count). The van der Waals surface area contributed by atoms with Crippen molar-refractivity contribution in [2.24, 2.45) is 23.2 Å². The zero-order valence-electron chi connectivity index (χ0n) is 27.2. The minimum Gasteiger partial charge on any atom is -0.490 e. The Morgan fingerprint density at radius 2 is 1.91 bits per heavy atom. The van der Waals surface area contributed by atoms with E-state index in [0.717, 1.165) is 49.7 Å². The van der Waals surface area contributed by atoms with Crippen molar-refractivity contribution in [1.29, 1.82) is 0 Å². The number of carbonyl (C=O) groups excluding carboxylic acids is 1. The van der Waals surface area contributed by atoms with Crippen molar-refractivity contribution < 1.29 is 33.7 Å². The molecule has 1 amide bonds. The van der Waals surface area contributed by atoms with E-state index in [2.05, 4.69) is 10.4 Å². The van der Waals surface area contributed by atoms with Gasteiger partial charge in [0, 0.05) is 35.0 Å². The predicted octanol–water partition coefficient (Wildman–Crippen LogP) is 5.34. The lowest BCUT2D eigenvalue weighted by atomic mass is 9.48. The Morgan fingerprint density at radius 3 is 2.59 bits per heavy atom. The van der Waals surface area contributed by atoms with Gasteiger partial charge in [-0.05, 0) is 114 Å². The fourth-order valence-corrected chi connectivity index (χ4v) is 9.05. The van der Waals surface area contributed by atoms with Crippen LogP contribution in [0.2, 0.25) is 0 Å². The Morgan fingerprint density at radius 1 is 1.20 bits per heavy atom. The Labute approximate surface area is 267 Å². The van der Waals surface area contributed by atoms with Crippen LogP contribution in [0.25, 0.3) is 16.9 Å². The minimum absolute atomic E-state index is 0.0173. The van der Waals surface area contributed by atoms with Crippen molar-refractivity contribution in [1.82, 2.24) is 19.9 Å².